The molecule has 0 fully saturated rings. The molecule has 0 amide bonds. The van der Waals surface area contributed by atoms with E-state index in [0.717, 1.165) is 47.6 Å². The van der Waals surface area contributed by atoms with Gasteiger partial charge in [-0.05, 0) is 63.9 Å². The molecule has 2 heterocycles. The average Bonchev–Trinajstić information content (AvgIpc) is 3.52. The summed E-state index contributed by atoms with van der Waals surface area (Å²) in [5.74, 6) is 2.51. The standard InChI is InChI=1S/C31H28N4/c1-4-28-32-26-14-12-24-22-9-5-18(15-20(22)7-11-25(24)30(26)34-28)19-6-10-23-21(16-19)8-13-27-29(23)35-31(33-27)17(2)3/h5-11,13,15-17H,4,12,14H2,1-3H3,(H,32,34)(H,33,35). The van der Waals surface area contributed by atoms with Crippen molar-refractivity contribution >= 4 is 32.6 Å². The van der Waals surface area contributed by atoms with E-state index in [0.29, 0.717) is 5.92 Å². The van der Waals surface area contributed by atoms with Crippen molar-refractivity contribution in [2.75, 3.05) is 0 Å². The number of benzene rings is 4. The van der Waals surface area contributed by atoms with Gasteiger partial charge in [0.15, 0.2) is 0 Å². The summed E-state index contributed by atoms with van der Waals surface area (Å²) in [4.78, 5) is 16.8. The largest absolute Gasteiger partial charge is 0.345 e. The summed E-state index contributed by atoms with van der Waals surface area (Å²) in [6.07, 6.45) is 3.02. The van der Waals surface area contributed by atoms with E-state index in [1.165, 1.54) is 49.5 Å². The lowest BCUT2D eigenvalue weighted by Gasteiger charge is -2.18. The molecule has 1 aliphatic carbocycles. The Labute approximate surface area is 204 Å². The summed E-state index contributed by atoms with van der Waals surface area (Å²) in [5, 5.41) is 5.06. The fourth-order valence-corrected chi connectivity index (χ4v) is 5.62. The minimum Gasteiger partial charge on any atom is -0.345 e. The lowest BCUT2D eigenvalue weighted by atomic mass is 9.87. The molecule has 4 heteroatoms. The van der Waals surface area contributed by atoms with Gasteiger partial charge in [-0.15, -0.1) is 0 Å². The first-order chi connectivity index (χ1) is 17.1. The Bertz CT molecular complexity index is 1770. The van der Waals surface area contributed by atoms with Gasteiger partial charge in [0.2, 0.25) is 0 Å². The zero-order valence-electron chi connectivity index (χ0n) is 20.4. The third-order valence-electron chi connectivity index (χ3n) is 7.54. The van der Waals surface area contributed by atoms with Gasteiger partial charge in [-0.25, -0.2) is 9.97 Å². The quantitative estimate of drug-likeness (QED) is 0.286. The van der Waals surface area contributed by atoms with E-state index in [4.69, 9.17) is 9.97 Å². The molecule has 2 aromatic heterocycles. The molecule has 35 heavy (non-hydrogen) atoms. The maximum Gasteiger partial charge on any atom is 0.109 e. The number of nitrogens with zero attached hydrogens (tertiary/aromatic N) is 2. The monoisotopic (exact) mass is 456 g/mol. The van der Waals surface area contributed by atoms with Crippen molar-refractivity contribution in [2.45, 2.75) is 46.0 Å². The van der Waals surface area contributed by atoms with Crippen molar-refractivity contribution in [2.24, 2.45) is 0 Å². The zero-order valence-corrected chi connectivity index (χ0v) is 20.4. The number of aromatic amines is 2. The Hall–Kier alpha value is -3.92. The van der Waals surface area contributed by atoms with Crippen LogP contribution in [0.25, 0.3) is 55.0 Å². The normalized spacial score (nSPS) is 13.1. The van der Waals surface area contributed by atoms with E-state index in [-0.39, 0.29) is 0 Å². The molecule has 2 N–H and O–H groups in total. The van der Waals surface area contributed by atoms with E-state index in [9.17, 15) is 0 Å². The second-order valence-electron chi connectivity index (χ2n) is 10.1. The van der Waals surface area contributed by atoms with Gasteiger partial charge in [-0.3, -0.25) is 0 Å². The number of aromatic nitrogens is 4. The van der Waals surface area contributed by atoms with Crippen LogP contribution in [0.3, 0.4) is 0 Å². The van der Waals surface area contributed by atoms with E-state index >= 15 is 0 Å². The molecule has 4 aromatic carbocycles. The van der Waals surface area contributed by atoms with Crippen molar-refractivity contribution in [1.29, 1.82) is 0 Å². The van der Waals surface area contributed by atoms with Gasteiger partial charge in [-0.1, -0.05) is 63.2 Å². The molecule has 0 saturated heterocycles. The van der Waals surface area contributed by atoms with Crippen molar-refractivity contribution in [3.63, 3.8) is 0 Å². The van der Waals surface area contributed by atoms with Crippen LogP contribution in [0.5, 0.6) is 0 Å². The van der Waals surface area contributed by atoms with Crippen LogP contribution in [0.4, 0.5) is 0 Å². The average molecular weight is 457 g/mol. The van der Waals surface area contributed by atoms with Gasteiger partial charge in [0.05, 0.1) is 16.7 Å². The molecule has 6 aromatic rings. The Morgan fingerprint density at radius 3 is 2.31 bits per heavy atom. The van der Waals surface area contributed by atoms with Crippen LogP contribution in [-0.4, -0.2) is 19.9 Å². The third-order valence-corrected chi connectivity index (χ3v) is 7.54. The molecule has 0 unspecified atom stereocenters. The maximum absolute atomic E-state index is 4.88. The molecule has 0 saturated carbocycles. The molecule has 172 valence electrons. The van der Waals surface area contributed by atoms with Crippen molar-refractivity contribution < 1.29 is 0 Å². The number of aryl methyl sites for hydroxylation is 3. The Morgan fingerprint density at radius 1 is 0.800 bits per heavy atom. The number of hydrogen-bond donors (Lipinski definition) is 2. The summed E-state index contributed by atoms with van der Waals surface area (Å²) in [7, 11) is 0. The van der Waals surface area contributed by atoms with Crippen molar-refractivity contribution in [3.05, 3.63) is 83.6 Å². The highest BCUT2D eigenvalue weighted by atomic mass is 14.9. The molecular weight excluding hydrogens is 428 g/mol. The van der Waals surface area contributed by atoms with Crippen LogP contribution in [0.15, 0.2) is 60.7 Å². The van der Waals surface area contributed by atoms with Gasteiger partial charge in [-0.2, -0.15) is 0 Å². The van der Waals surface area contributed by atoms with E-state index < -0.39 is 0 Å². The van der Waals surface area contributed by atoms with Crippen LogP contribution in [0, 0.1) is 0 Å². The van der Waals surface area contributed by atoms with Crippen LogP contribution < -0.4 is 0 Å². The first-order valence-electron chi connectivity index (χ1n) is 12.7. The third kappa shape index (κ3) is 3.13. The lowest BCUT2D eigenvalue weighted by molar-refractivity contribution is 0.799. The van der Waals surface area contributed by atoms with Crippen molar-refractivity contribution in [3.8, 4) is 22.4 Å². The predicted octanol–water partition coefficient (Wildman–Crippen LogP) is 7.71. The topological polar surface area (TPSA) is 57.4 Å². The van der Waals surface area contributed by atoms with Gasteiger partial charge in [0.25, 0.3) is 0 Å². The predicted molar refractivity (Wildman–Crippen MR) is 145 cm³/mol. The van der Waals surface area contributed by atoms with Gasteiger partial charge in [0.1, 0.15) is 11.6 Å². The molecule has 0 bridgehead atoms. The van der Waals surface area contributed by atoms with Gasteiger partial charge in [0, 0.05) is 29.0 Å². The molecule has 4 nitrogen and oxygen atoms in total. The van der Waals surface area contributed by atoms with Crippen LogP contribution in [-0.2, 0) is 19.3 Å². The molecule has 1 aliphatic rings. The minimum atomic E-state index is 0.383. The van der Waals surface area contributed by atoms with Crippen LogP contribution in [0.2, 0.25) is 0 Å². The number of rotatable bonds is 3. The van der Waals surface area contributed by atoms with Crippen LogP contribution in [0.1, 0.15) is 49.6 Å². The molecule has 0 atom stereocenters. The Balaban J connectivity index is 1.32. The molecule has 0 aliphatic heterocycles. The Kier molecular flexibility index (Phi) is 4.41. The summed E-state index contributed by atoms with van der Waals surface area (Å²) < 4.78 is 0. The van der Waals surface area contributed by atoms with Gasteiger partial charge >= 0.3 is 0 Å². The van der Waals surface area contributed by atoms with Crippen molar-refractivity contribution in [1.82, 2.24) is 19.9 Å². The number of H-pyrrole nitrogens is 2. The second kappa shape index (κ2) is 7.54. The number of fused-ring (bicyclic) bond motifs is 8. The van der Waals surface area contributed by atoms with E-state index in [1.54, 1.807) is 0 Å². The number of nitrogens with one attached hydrogen (secondary N) is 2. The highest BCUT2D eigenvalue weighted by molar-refractivity contribution is 6.05. The summed E-state index contributed by atoms with van der Waals surface area (Å²) in [6, 6.07) is 22.5. The fourth-order valence-electron chi connectivity index (χ4n) is 5.62. The smallest absolute Gasteiger partial charge is 0.109 e. The number of imidazole rings is 2. The molecule has 0 radical (unpaired) electrons. The van der Waals surface area contributed by atoms with E-state index in [2.05, 4.69) is 91.4 Å². The Morgan fingerprint density at radius 2 is 1.54 bits per heavy atom. The summed E-state index contributed by atoms with van der Waals surface area (Å²) in [5.41, 5.74) is 9.80. The molecular formula is C31H28N4. The van der Waals surface area contributed by atoms with Crippen LogP contribution >= 0.6 is 0 Å². The summed E-state index contributed by atoms with van der Waals surface area (Å²) in [6.45, 7) is 6.50. The number of hydrogen-bond acceptors (Lipinski definition) is 2. The second-order valence-corrected chi connectivity index (χ2v) is 10.1. The fraction of sp³-hybridized carbons (Fsp3) is 0.226. The molecule has 7 rings (SSSR count). The highest BCUT2D eigenvalue weighted by Gasteiger charge is 2.22. The highest BCUT2D eigenvalue weighted by Crippen LogP contribution is 2.38. The minimum absolute atomic E-state index is 0.383. The first kappa shape index (κ1) is 20.5. The first-order valence-corrected chi connectivity index (χ1v) is 12.7. The zero-order chi connectivity index (χ0) is 23.7. The maximum atomic E-state index is 4.88. The SMILES string of the molecule is CCc1nc2c([nH]1)CCc1c-2ccc2cc(-c3ccc4c(ccc5[nH]c(C(C)C)nc54)c3)ccc12. The van der Waals surface area contributed by atoms with E-state index in [1.807, 2.05) is 0 Å². The lowest BCUT2D eigenvalue weighted by Crippen LogP contribution is -2.04. The summed E-state index contributed by atoms with van der Waals surface area (Å²) >= 11 is 0. The molecule has 0 spiro atoms. The van der Waals surface area contributed by atoms with Gasteiger partial charge < -0.3 is 9.97 Å².